The average Bonchev–Trinajstić information content (AvgIpc) is 2.74. The smallest absolute Gasteiger partial charge is 0.217 e. The third kappa shape index (κ3) is 1.37. The lowest BCUT2D eigenvalue weighted by molar-refractivity contribution is 0.732. The van der Waals surface area contributed by atoms with E-state index in [0.717, 1.165) is 20.8 Å². The normalized spacial score (nSPS) is 13.7. The fourth-order valence-electron chi connectivity index (χ4n) is 1.72. The van der Waals surface area contributed by atoms with Gasteiger partial charge in [0, 0.05) is 4.47 Å². The molecule has 0 aliphatic carbocycles. The zero-order valence-electron chi connectivity index (χ0n) is 8.51. The molecular formula is C10H9BrN4S. The second-order valence-corrected chi connectivity index (χ2v) is 5.60. The first-order chi connectivity index (χ1) is 7.66. The van der Waals surface area contributed by atoms with Crippen molar-refractivity contribution in [1.29, 1.82) is 0 Å². The molecule has 2 aromatic heterocycles. The van der Waals surface area contributed by atoms with Gasteiger partial charge in [-0.15, -0.1) is 10.2 Å². The SMILES string of the molecule is CC(N)c1nnc2sc3cc(Br)ccc3n12. The molecule has 0 fully saturated rings. The number of nitrogens with two attached hydrogens (primary N) is 1. The summed E-state index contributed by atoms with van der Waals surface area (Å²) in [4.78, 5) is 0.889. The molecule has 82 valence electrons. The highest BCUT2D eigenvalue weighted by Crippen LogP contribution is 2.29. The molecule has 4 nitrogen and oxygen atoms in total. The summed E-state index contributed by atoms with van der Waals surface area (Å²) in [6, 6.07) is 6.04. The zero-order chi connectivity index (χ0) is 11.3. The first-order valence-corrected chi connectivity index (χ1v) is 6.46. The van der Waals surface area contributed by atoms with Crippen LogP contribution in [-0.2, 0) is 0 Å². The molecule has 0 amide bonds. The number of thiazole rings is 1. The molecule has 3 rings (SSSR count). The molecule has 0 saturated carbocycles. The average molecular weight is 297 g/mol. The van der Waals surface area contributed by atoms with Gasteiger partial charge in [0.05, 0.1) is 16.3 Å². The predicted octanol–water partition coefficient (Wildman–Crippen LogP) is 2.73. The Morgan fingerprint density at radius 3 is 3.00 bits per heavy atom. The van der Waals surface area contributed by atoms with Crippen molar-refractivity contribution in [3.63, 3.8) is 0 Å². The van der Waals surface area contributed by atoms with Crippen LogP contribution in [0.4, 0.5) is 0 Å². The minimum absolute atomic E-state index is 0.114. The Hall–Kier alpha value is -0.980. The molecule has 1 atom stereocenters. The minimum atomic E-state index is -0.114. The Morgan fingerprint density at radius 2 is 2.25 bits per heavy atom. The molecule has 1 unspecified atom stereocenters. The van der Waals surface area contributed by atoms with Crippen molar-refractivity contribution in [2.45, 2.75) is 13.0 Å². The molecule has 0 bridgehead atoms. The Kier molecular flexibility index (Phi) is 2.24. The predicted molar refractivity (Wildman–Crippen MR) is 68.7 cm³/mol. The van der Waals surface area contributed by atoms with Crippen LogP contribution in [0.25, 0.3) is 15.2 Å². The third-order valence-corrected chi connectivity index (χ3v) is 3.92. The molecule has 1 aromatic carbocycles. The number of hydrogen-bond donors (Lipinski definition) is 1. The van der Waals surface area contributed by atoms with Crippen molar-refractivity contribution < 1.29 is 0 Å². The van der Waals surface area contributed by atoms with Crippen LogP contribution >= 0.6 is 27.3 Å². The summed E-state index contributed by atoms with van der Waals surface area (Å²) in [5.41, 5.74) is 6.99. The summed E-state index contributed by atoms with van der Waals surface area (Å²) < 4.78 is 4.28. The third-order valence-electron chi connectivity index (χ3n) is 2.43. The highest BCUT2D eigenvalue weighted by atomic mass is 79.9. The Bertz CT molecular complexity index is 670. The summed E-state index contributed by atoms with van der Waals surface area (Å²) in [7, 11) is 0. The van der Waals surface area contributed by atoms with E-state index in [-0.39, 0.29) is 6.04 Å². The summed E-state index contributed by atoms with van der Waals surface area (Å²) >= 11 is 5.08. The maximum absolute atomic E-state index is 5.88. The molecular weight excluding hydrogens is 288 g/mol. The summed E-state index contributed by atoms with van der Waals surface area (Å²) in [5.74, 6) is 0.809. The molecule has 0 spiro atoms. The number of benzene rings is 1. The number of rotatable bonds is 1. The lowest BCUT2D eigenvalue weighted by Gasteiger charge is -2.01. The quantitative estimate of drug-likeness (QED) is 0.751. The van der Waals surface area contributed by atoms with Gasteiger partial charge >= 0.3 is 0 Å². The van der Waals surface area contributed by atoms with E-state index in [9.17, 15) is 0 Å². The van der Waals surface area contributed by atoms with E-state index in [4.69, 9.17) is 5.73 Å². The van der Waals surface area contributed by atoms with Crippen molar-refractivity contribution in [3.8, 4) is 0 Å². The number of halogens is 1. The molecule has 0 aliphatic rings. The Labute approximate surface area is 104 Å². The van der Waals surface area contributed by atoms with Crippen LogP contribution < -0.4 is 5.73 Å². The van der Waals surface area contributed by atoms with E-state index in [1.54, 1.807) is 11.3 Å². The van der Waals surface area contributed by atoms with E-state index >= 15 is 0 Å². The zero-order valence-corrected chi connectivity index (χ0v) is 10.9. The van der Waals surface area contributed by atoms with Gasteiger partial charge in [0.15, 0.2) is 5.82 Å². The van der Waals surface area contributed by atoms with Crippen molar-refractivity contribution in [1.82, 2.24) is 14.6 Å². The topological polar surface area (TPSA) is 56.2 Å². The van der Waals surface area contributed by atoms with Gasteiger partial charge in [-0.2, -0.15) is 0 Å². The lowest BCUT2D eigenvalue weighted by Crippen LogP contribution is -2.09. The second-order valence-electron chi connectivity index (χ2n) is 3.68. The highest BCUT2D eigenvalue weighted by molar-refractivity contribution is 9.10. The van der Waals surface area contributed by atoms with E-state index in [1.165, 1.54) is 4.70 Å². The standard InChI is InChI=1S/C10H9BrN4S/c1-5(12)9-13-14-10-15(9)7-3-2-6(11)4-8(7)16-10/h2-5H,12H2,1H3. The summed E-state index contributed by atoms with van der Waals surface area (Å²) in [6.45, 7) is 1.92. The molecule has 6 heteroatoms. The van der Waals surface area contributed by atoms with Gasteiger partial charge in [-0.1, -0.05) is 27.3 Å². The van der Waals surface area contributed by atoms with Crippen LogP contribution in [-0.4, -0.2) is 14.6 Å². The van der Waals surface area contributed by atoms with Crippen molar-refractivity contribution in [2.75, 3.05) is 0 Å². The molecule has 3 aromatic rings. The second kappa shape index (κ2) is 3.51. The maximum Gasteiger partial charge on any atom is 0.217 e. The number of nitrogens with zero attached hydrogens (tertiary/aromatic N) is 3. The van der Waals surface area contributed by atoms with Crippen molar-refractivity contribution in [3.05, 3.63) is 28.5 Å². The minimum Gasteiger partial charge on any atom is -0.322 e. The summed E-state index contributed by atoms with van der Waals surface area (Å²) in [5, 5.41) is 8.26. The molecule has 0 aliphatic heterocycles. The van der Waals surface area contributed by atoms with Gasteiger partial charge in [0.1, 0.15) is 0 Å². The van der Waals surface area contributed by atoms with Gasteiger partial charge < -0.3 is 5.73 Å². The molecule has 0 radical (unpaired) electrons. The van der Waals surface area contributed by atoms with Crippen LogP contribution in [0, 0.1) is 0 Å². The van der Waals surface area contributed by atoms with Crippen molar-refractivity contribution in [2.24, 2.45) is 5.73 Å². The molecule has 2 N–H and O–H groups in total. The van der Waals surface area contributed by atoms with Gasteiger partial charge in [-0.05, 0) is 25.1 Å². The van der Waals surface area contributed by atoms with E-state index < -0.39 is 0 Å². The largest absolute Gasteiger partial charge is 0.322 e. The lowest BCUT2D eigenvalue weighted by atomic mass is 10.3. The van der Waals surface area contributed by atoms with E-state index in [0.29, 0.717) is 0 Å². The van der Waals surface area contributed by atoms with Gasteiger partial charge in [0.2, 0.25) is 4.96 Å². The van der Waals surface area contributed by atoms with Crippen LogP contribution in [0.2, 0.25) is 0 Å². The number of hydrogen-bond acceptors (Lipinski definition) is 4. The Morgan fingerprint density at radius 1 is 1.44 bits per heavy atom. The monoisotopic (exact) mass is 296 g/mol. The van der Waals surface area contributed by atoms with Gasteiger partial charge in [0.25, 0.3) is 0 Å². The van der Waals surface area contributed by atoms with E-state index in [2.05, 4.69) is 38.3 Å². The molecule has 2 heterocycles. The number of fused-ring (bicyclic) bond motifs is 3. The summed E-state index contributed by atoms with van der Waals surface area (Å²) in [6.07, 6.45) is 0. The maximum atomic E-state index is 5.88. The van der Waals surface area contributed by atoms with Crippen LogP contribution in [0.5, 0.6) is 0 Å². The molecule has 0 saturated heterocycles. The fraction of sp³-hybridized carbons (Fsp3) is 0.200. The van der Waals surface area contributed by atoms with Crippen LogP contribution in [0.3, 0.4) is 0 Å². The van der Waals surface area contributed by atoms with Gasteiger partial charge in [-0.3, -0.25) is 4.40 Å². The first-order valence-electron chi connectivity index (χ1n) is 4.85. The van der Waals surface area contributed by atoms with Crippen molar-refractivity contribution >= 4 is 42.4 Å². The first kappa shape index (κ1) is 10.2. The fourth-order valence-corrected chi connectivity index (χ4v) is 3.25. The Balaban J connectivity index is 2.45. The molecule has 16 heavy (non-hydrogen) atoms. The van der Waals surface area contributed by atoms with Gasteiger partial charge in [-0.25, -0.2) is 0 Å². The highest BCUT2D eigenvalue weighted by Gasteiger charge is 2.14. The van der Waals surface area contributed by atoms with Crippen LogP contribution in [0.1, 0.15) is 18.8 Å². The van der Waals surface area contributed by atoms with E-state index in [1.807, 2.05) is 17.4 Å². The van der Waals surface area contributed by atoms with Crippen LogP contribution in [0.15, 0.2) is 22.7 Å². The number of aromatic nitrogens is 3.